The summed E-state index contributed by atoms with van der Waals surface area (Å²) in [6.07, 6.45) is 3.17. The normalized spacial score (nSPS) is 20.6. The highest BCUT2D eigenvalue weighted by Crippen LogP contribution is 2.31. The van der Waals surface area contributed by atoms with E-state index in [2.05, 4.69) is 25.1 Å². The first-order chi connectivity index (χ1) is 23.5. The van der Waals surface area contributed by atoms with Gasteiger partial charge in [-0.2, -0.15) is 12.7 Å². The number of hydrogen-bond acceptors (Lipinski definition) is 8. The van der Waals surface area contributed by atoms with Crippen LogP contribution in [-0.2, 0) is 10.2 Å². The highest BCUT2D eigenvalue weighted by Gasteiger charge is 2.34. The third kappa shape index (κ3) is 6.90. The summed E-state index contributed by atoms with van der Waals surface area (Å²) in [5, 5.41) is 14.6. The molecule has 0 amide bonds. The predicted molar refractivity (Wildman–Crippen MR) is 181 cm³/mol. The number of aromatic amines is 1. The first-order valence-electron chi connectivity index (χ1n) is 16.4. The van der Waals surface area contributed by atoms with Gasteiger partial charge >= 0.3 is 10.2 Å². The van der Waals surface area contributed by atoms with Crippen LogP contribution in [0.15, 0.2) is 54.9 Å². The smallest absolute Gasteiger partial charge is 0.301 e. The van der Waals surface area contributed by atoms with E-state index in [9.17, 15) is 27.1 Å². The number of fused-ring (bicyclic) bond motifs is 1. The summed E-state index contributed by atoms with van der Waals surface area (Å²) in [6.45, 7) is 5.29. The van der Waals surface area contributed by atoms with Gasteiger partial charge in [-0.1, -0.05) is 12.1 Å². The van der Waals surface area contributed by atoms with Crippen molar-refractivity contribution in [1.82, 2.24) is 24.5 Å². The summed E-state index contributed by atoms with van der Waals surface area (Å²) < 4.78 is 72.5. The van der Waals surface area contributed by atoms with Crippen LogP contribution in [0.3, 0.4) is 0 Å². The first-order valence-corrected chi connectivity index (χ1v) is 17.9. The number of pyridine rings is 1. The van der Waals surface area contributed by atoms with Crippen molar-refractivity contribution in [3.05, 3.63) is 77.6 Å². The van der Waals surface area contributed by atoms with Crippen LogP contribution in [0.4, 0.5) is 24.5 Å². The minimum atomic E-state index is -4.33. The van der Waals surface area contributed by atoms with Crippen molar-refractivity contribution in [3.8, 4) is 11.1 Å². The fourth-order valence-corrected chi connectivity index (χ4v) is 8.20. The molecule has 49 heavy (non-hydrogen) atoms. The molecule has 0 saturated carbocycles. The van der Waals surface area contributed by atoms with E-state index in [0.29, 0.717) is 23.1 Å². The Kier molecular flexibility index (Phi) is 9.13. The lowest BCUT2D eigenvalue weighted by molar-refractivity contribution is -0.0218. The fraction of sp³-hybridized carbons (Fsp3) is 0.412. The number of aromatic nitrogens is 2. The summed E-state index contributed by atoms with van der Waals surface area (Å²) in [4.78, 5) is 25.5. The largest absolute Gasteiger partial charge is 0.388 e. The molecule has 4 aromatic rings. The molecule has 7 rings (SSSR count). The van der Waals surface area contributed by atoms with E-state index in [1.54, 1.807) is 12.3 Å². The van der Waals surface area contributed by atoms with Crippen LogP contribution in [0.2, 0.25) is 0 Å². The standard InChI is InChI=1S/C34H38F3N7O4S/c35-24-7-12-44(20-24)49(47,48)41-29-6-5-28(36)30(31(29)37)32(45)27-19-40-33-26(27)17-23(18-39-33)22-1-3-25(4-2-22)43-15-13-42(14-16-43)21-34(46)8-10-38-11-9-34/h1-6,17-19,24,38,41,46H,7-16,20-21H2,(H,39,40)/t24-/m1/s1. The van der Waals surface area contributed by atoms with Crippen molar-refractivity contribution in [1.29, 1.82) is 0 Å². The van der Waals surface area contributed by atoms with E-state index in [0.717, 1.165) is 79.8 Å². The van der Waals surface area contributed by atoms with Crippen LogP contribution in [0.5, 0.6) is 0 Å². The number of benzene rings is 2. The Bertz CT molecular complexity index is 1960. The lowest BCUT2D eigenvalue weighted by atomic mass is 9.91. The van der Waals surface area contributed by atoms with Crippen LogP contribution < -0.4 is 14.9 Å². The zero-order valence-electron chi connectivity index (χ0n) is 26.8. The molecule has 0 bridgehead atoms. The van der Waals surface area contributed by atoms with Crippen molar-refractivity contribution < 1.29 is 31.5 Å². The minimum absolute atomic E-state index is 0.0136. The number of piperidine rings is 1. The van der Waals surface area contributed by atoms with E-state index in [1.807, 2.05) is 29.0 Å². The van der Waals surface area contributed by atoms with Gasteiger partial charge in [0, 0.05) is 80.4 Å². The topological polar surface area (TPSA) is 134 Å². The predicted octanol–water partition coefficient (Wildman–Crippen LogP) is 3.68. The number of β-amino-alcohol motifs (C(OH)–C–C–N with tert-alkyl or cyclic N) is 1. The lowest BCUT2D eigenvalue weighted by Crippen LogP contribution is -2.54. The summed E-state index contributed by atoms with van der Waals surface area (Å²) in [6, 6.07) is 11.4. The Balaban J connectivity index is 1.07. The SMILES string of the molecule is O=C(c1c(F)ccc(NS(=O)(=O)N2CC[C@@H](F)C2)c1F)c1c[nH]c2ncc(-c3ccc(N4CCN(CC5(O)CCNCC5)CC4)cc3)cc12. The Morgan fingerprint density at radius 3 is 2.45 bits per heavy atom. The number of alkyl halides is 1. The van der Waals surface area contributed by atoms with Crippen LogP contribution in [0.1, 0.15) is 35.2 Å². The van der Waals surface area contributed by atoms with Gasteiger partial charge in [-0.05, 0) is 68.2 Å². The second kappa shape index (κ2) is 13.4. The van der Waals surface area contributed by atoms with Gasteiger partial charge in [0.25, 0.3) is 0 Å². The number of H-pyrrole nitrogens is 1. The number of aliphatic hydroxyl groups is 1. The molecule has 1 atom stereocenters. The van der Waals surface area contributed by atoms with Gasteiger partial charge < -0.3 is 20.3 Å². The quantitative estimate of drug-likeness (QED) is 0.195. The molecule has 11 nitrogen and oxygen atoms in total. The van der Waals surface area contributed by atoms with Gasteiger partial charge in [-0.3, -0.25) is 14.4 Å². The minimum Gasteiger partial charge on any atom is -0.388 e. The number of carbonyl (C=O) groups excluding carboxylic acids is 1. The molecule has 3 fully saturated rings. The molecule has 2 aromatic heterocycles. The van der Waals surface area contributed by atoms with E-state index < -0.39 is 50.7 Å². The molecule has 5 heterocycles. The second-order valence-electron chi connectivity index (χ2n) is 13.1. The lowest BCUT2D eigenvalue weighted by Gasteiger charge is -2.41. The van der Waals surface area contributed by atoms with Gasteiger partial charge in [-0.15, -0.1) is 0 Å². The molecule has 0 unspecified atom stereocenters. The summed E-state index contributed by atoms with van der Waals surface area (Å²) >= 11 is 0. The molecule has 2 aromatic carbocycles. The Morgan fingerprint density at radius 1 is 1.02 bits per heavy atom. The van der Waals surface area contributed by atoms with E-state index >= 15 is 4.39 Å². The summed E-state index contributed by atoms with van der Waals surface area (Å²) in [5.74, 6) is -3.53. The summed E-state index contributed by atoms with van der Waals surface area (Å²) in [7, 11) is -4.33. The molecule has 3 aliphatic rings. The van der Waals surface area contributed by atoms with Gasteiger partial charge in [0.05, 0.1) is 16.9 Å². The van der Waals surface area contributed by atoms with E-state index in [1.165, 1.54) is 6.20 Å². The van der Waals surface area contributed by atoms with Gasteiger partial charge in [-0.25, -0.2) is 18.2 Å². The molecule has 0 aliphatic carbocycles. The van der Waals surface area contributed by atoms with Crippen LogP contribution in [-0.4, -0.2) is 109 Å². The number of rotatable bonds is 9. The van der Waals surface area contributed by atoms with E-state index in [4.69, 9.17) is 0 Å². The number of anilines is 2. The Labute approximate surface area is 282 Å². The maximum absolute atomic E-state index is 15.6. The molecule has 260 valence electrons. The van der Waals surface area contributed by atoms with Gasteiger partial charge in [0.1, 0.15) is 17.6 Å². The number of nitrogens with one attached hydrogen (secondary N) is 3. The van der Waals surface area contributed by atoms with Crippen LogP contribution in [0.25, 0.3) is 22.2 Å². The maximum atomic E-state index is 15.6. The van der Waals surface area contributed by atoms with Gasteiger partial charge in [0.15, 0.2) is 5.82 Å². The van der Waals surface area contributed by atoms with Crippen molar-refractivity contribution in [2.24, 2.45) is 0 Å². The average molecular weight is 698 g/mol. The number of halogens is 3. The van der Waals surface area contributed by atoms with Crippen LogP contribution >= 0.6 is 0 Å². The van der Waals surface area contributed by atoms with Crippen molar-refractivity contribution in [2.75, 3.05) is 68.5 Å². The third-order valence-corrected chi connectivity index (χ3v) is 11.2. The number of hydrogen-bond donors (Lipinski definition) is 4. The van der Waals surface area contributed by atoms with Crippen LogP contribution in [0, 0.1) is 11.6 Å². The molecule has 0 spiro atoms. The fourth-order valence-electron chi connectivity index (χ4n) is 6.93. The first kappa shape index (κ1) is 33.5. The zero-order valence-corrected chi connectivity index (χ0v) is 27.6. The Hall–Kier alpha value is -4.02. The molecule has 3 saturated heterocycles. The summed E-state index contributed by atoms with van der Waals surface area (Å²) in [5.41, 5.74) is 0.705. The number of nitrogens with zero attached hydrogens (tertiary/aromatic N) is 4. The molecule has 0 radical (unpaired) electrons. The third-order valence-electron chi connectivity index (χ3n) is 9.76. The number of carbonyl (C=O) groups is 1. The second-order valence-corrected chi connectivity index (χ2v) is 14.7. The molecule has 4 N–H and O–H groups in total. The van der Waals surface area contributed by atoms with Gasteiger partial charge in [0.2, 0.25) is 5.78 Å². The zero-order chi connectivity index (χ0) is 34.3. The Morgan fingerprint density at radius 2 is 1.76 bits per heavy atom. The highest BCUT2D eigenvalue weighted by atomic mass is 32.2. The van der Waals surface area contributed by atoms with E-state index in [-0.39, 0.29) is 25.1 Å². The van der Waals surface area contributed by atoms with Crippen molar-refractivity contribution >= 4 is 38.4 Å². The number of ketones is 1. The van der Waals surface area contributed by atoms with Crippen molar-refractivity contribution in [2.45, 2.75) is 31.0 Å². The molecular formula is C34H38F3N7O4S. The maximum Gasteiger partial charge on any atom is 0.301 e. The number of piperazine rings is 1. The molecule has 3 aliphatic heterocycles. The average Bonchev–Trinajstić information content (AvgIpc) is 3.73. The monoisotopic (exact) mass is 697 g/mol. The van der Waals surface area contributed by atoms with Crippen molar-refractivity contribution in [3.63, 3.8) is 0 Å². The molecular weight excluding hydrogens is 659 g/mol. The highest BCUT2D eigenvalue weighted by molar-refractivity contribution is 7.90. The molecule has 15 heteroatoms.